The van der Waals surface area contributed by atoms with Crippen LogP contribution in [0.4, 0.5) is 0 Å². The second-order valence-electron chi connectivity index (χ2n) is 9.11. The van der Waals surface area contributed by atoms with Crippen molar-refractivity contribution in [1.82, 2.24) is 0 Å². The van der Waals surface area contributed by atoms with Gasteiger partial charge in [0.15, 0.2) is 17.3 Å². The highest BCUT2D eigenvalue weighted by atomic mass is 16.6. The molecule has 0 N–H and O–H groups in total. The highest BCUT2D eigenvalue weighted by Gasteiger charge is 2.45. The number of benzene rings is 2. The highest BCUT2D eigenvalue weighted by Crippen LogP contribution is 2.48. The summed E-state index contributed by atoms with van der Waals surface area (Å²) in [4.78, 5) is 32.0. The van der Waals surface area contributed by atoms with Crippen molar-refractivity contribution in [3.05, 3.63) is 64.9 Å². The SMILES string of the molecule is COCCOC(=O)C1C(C)=NC2=C(C(=O)C[C@H](c3ccccc3OC)C2)[C@@H]1c1ccc(OC)c(OC)c1. The molecule has 0 fully saturated rings. The van der Waals surface area contributed by atoms with Crippen molar-refractivity contribution in [2.45, 2.75) is 31.6 Å². The van der Waals surface area contributed by atoms with Crippen molar-refractivity contribution in [3.63, 3.8) is 0 Å². The van der Waals surface area contributed by atoms with Crippen molar-refractivity contribution in [2.24, 2.45) is 10.9 Å². The molecular weight excluding hydrogens is 474 g/mol. The number of esters is 1. The van der Waals surface area contributed by atoms with E-state index in [0.29, 0.717) is 41.3 Å². The monoisotopic (exact) mass is 507 g/mol. The fraction of sp³-hybridized carbons (Fsp3) is 0.414. The van der Waals surface area contributed by atoms with Gasteiger partial charge in [-0.15, -0.1) is 0 Å². The number of ketones is 1. The number of nitrogens with zero attached hydrogens (tertiary/aromatic N) is 1. The van der Waals surface area contributed by atoms with Crippen molar-refractivity contribution in [1.29, 1.82) is 0 Å². The van der Waals surface area contributed by atoms with Gasteiger partial charge in [0.05, 0.1) is 27.9 Å². The zero-order valence-electron chi connectivity index (χ0n) is 21.9. The Balaban J connectivity index is 1.80. The van der Waals surface area contributed by atoms with E-state index < -0.39 is 17.8 Å². The van der Waals surface area contributed by atoms with Crippen LogP contribution in [0.5, 0.6) is 17.2 Å². The summed E-state index contributed by atoms with van der Waals surface area (Å²) in [5, 5.41) is 0. The van der Waals surface area contributed by atoms with Crippen LogP contribution in [-0.2, 0) is 19.1 Å². The van der Waals surface area contributed by atoms with Crippen molar-refractivity contribution < 1.29 is 33.3 Å². The highest BCUT2D eigenvalue weighted by molar-refractivity contribution is 6.09. The normalized spacial score (nSPS) is 21.2. The Morgan fingerprint density at radius 1 is 0.919 bits per heavy atom. The third-order valence-electron chi connectivity index (χ3n) is 7.02. The second kappa shape index (κ2) is 11.6. The van der Waals surface area contributed by atoms with Gasteiger partial charge in [-0.05, 0) is 42.7 Å². The van der Waals surface area contributed by atoms with E-state index in [1.807, 2.05) is 43.3 Å². The summed E-state index contributed by atoms with van der Waals surface area (Å²) in [6, 6.07) is 13.2. The number of carbonyl (C=O) groups excluding carboxylic acids is 2. The number of Topliss-reactive ketones (excluding diaryl/α,β-unsaturated/α-hetero) is 1. The number of aliphatic imine (C=N–C) groups is 1. The van der Waals surface area contributed by atoms with Gasteiger partial charge in [0.25, 0.3) is 0 Å². The first kappa shape index (κ1) is 26.4. The zero-order valence-corrected chi connectivity index (χ0v) is 21.9. The van der Waals surface area contributed by atoms with E-state index in [2.05, 4.69) is 0 Å². The maximum atomic E-state index is 13.8. The molecule has 0 aromatic heterocycles. The molecule has 0 bridgehead atoms. The Kier molecular flexibility index (Phi) is 8.28. The van der Waals surface area contributed by atoms with Gasteiger partial charge in [0.2, 0.25) is 0 Å². The van der Waals surface area contributed by atoms with Gasteiger partial charge < -0.3 is 23.7 Å². The quantitative estimate of drug-likeness (QED) is 0.365. The van der Waals surface area contributed by atoms with Gasteiger partial charge in [0.1, 0.15) is 18.3 Å². The first-order valence-corrected chi connectivity index (χ1v) is 12.2. The van der Waals surface area contributed by atoms with E-state index in [1.54, 1.807) is 34.5 Å². The van der Waals surface area contributed by atoms with Crippen LogP contribution in [0.2, 0.25) is 0 Å². The van der Waals surface area contributed by atoms with E-state index in [1.165, 1.54) is 0 Å². The summed E-state index contributed by atoms with van der Waals surface area (Å²) < 4.78 is 27.1. The predicted octanol–water partition coefficient (Wildman–Crippen LogP) is 4.48. The minimum atomic E-state index is -0.750. The van der Waals surface area contributed by atoms with E-state index in [9.17, 15) is 9.59 Å². The number of allylic oxidation sites excluding steroid dienone is 2. The molecule has 8 heteroatoms. The summed E-state index contributed by atoms with van der Waals surface area (Å²) >= 11 is 0. The molecule has 3 atom stereocenters. The number of rotatable bonds is 9. The summed E-state index contributed by atoms with van der Waals surface area (Å²) in [6.45, 7) is 2.22. The molecular formula is C29H33NO7. The predicted molar refractivity (Wildman–Crippen MR) is 139 cm³/mol. The van der Waals surface area contributed by atoms with E-state index in [0.717, 1.165) is 16.9 Å². The Bertz CT molecular complexity index is 1230. The molecule has 0 saturated carbocycles. The molecule has 2 aromatic rings. The number of methoxy groups -OCH3 is 4. The third-order valence-corrected chi connectivity index (χ3v) is 7.02. The lowest BCUT2D eigenvalue weighted by Crippen LogP contribution is -2.38. The lowest BCUT2D eigenvalue weighted by Gasteiger charge is -2.36. The van der Waals surface area contributed by atoms with Crippen molar-refractivity contribution >= 4 is 17.5 Å². The van der Waals surface area contributed by atoms with E-state index in [-0.39, 0.29) is 24.9 Å². The number of para-hydroxylation sites is 1. The minimum Gasteiger partial charge on any atom is -0.496 e. The van der Waals surface area contributed by atoms with Gasteiger partial charge in [-0.1, -0.05) is 24.3 Å². The van der Waals surface area contributed by atoms with Crippen molar-refractivity contribution in [3.8, 4) is 17.2 Å². The Morgan fingerprint density at radius 2 is 1.65 bits per heavy atom. The molecule has 37 heavy (non-hydrogen) atoms. The molecule has 4 rings (SSSR count). The van der Waals surface area contributed by atoms with Crippen molar-refractivity contribution in [2.75, 3.05) is 41.7 Å². The standard InChI is InChI=1S/C29H33NO7/c1-17-26(29(32)37-13-12-33-2)27(18-10-11-24(35-4)25(16-18)36-5)28-21(30-17)14-19(15-22(28)31)20-8-6-7-9-23(20)34-3/h6-11,16,19,26-27H,12-15H2,1-5H3/t19-,26?,27-/m1/s1. The molecule has 196 valence electrons. The lowest BCUT2D eigenvalue weighted by molar-refractivity contribution is -0.147. The summed E-state index contributed by atoms with van der Waals surface area (Å²) in [5.74, 6) is -0.0377. The van der Waals surface area contributed by atoms with Crippen LogP contribution in [-0.4, -0.2) is 59.1 Å². The van der Waals surface area contributed by atoms with Gasteiger partial charge in [-0.25, -0.2) is 0 Å². The van der Waals surface area contributed by atoms with E-state index in [4.69, 9.17) is 28.7 Å². The first-order valence-electron chi connectivity index (χ1n) is 12.2. The molecule has 1 heterocycles. The number of ether oxygens (including phenoxy) is 5. The smallest absolute Gasteiger partial charge is 0.315 e. The number of hydrogen-bond acceptors (Lipinski definition) is 8. The second-order valence-corrected chi connectivity index (χ2v) is 9.11. The third kappa shape index (κ3) is 5.25. The average Bonchev–Trinajstić information content (AvgIpc) is 2.91. The van der Waals surface area contributed by atoms with Crippen LogP contribution >= 0.6 is 0 Å². The number of carbonyl (C=O) groups is 2. The Morgan fingerprint density at radius 3 is 2.35 bits per heavy atom. The Labute approximate surface area is 217 Å². The summed E-state index contributed by atoms with van der Waals surface area (Å²) in [5.41, 5.74) is 3.59. The summed E-state index contributed by atoms with van der Waals surface area (Å²) in [6.07, 6.45) is 0.858. The maximum absolute atomic E-state index is 13.8. The molecule has 2 aliphatic rings. The summed E-state index contributed by atoms with van der Waals surface area (Å²) in [7, 11) is 6.29. The topological polar surface area (TPSA) is 92.7 Å². The number of hydrogen-bond donors (Lipinski definition) is 0. The fourth-order valence-electron chi connectivity index (χ4n) is 5.31. The molecule has 1 aliphatic carbocycles. The molecule has 0 radical (unpaired) electrons. The molecule has 0 saturated heterocycles. The van der Waals surface area contributed by atoms with Gasteiger partial charge in [0, 0.05) is 42.3 Å². The van der Waals surface area contributed by atoms with Gasteiger partial charge in [-0.2, -0.15) is 0 Å². The van der Waals surface area contributed by atoms with Gasteiger partial charge in [-0.3, -0.25) is 14.6 Å². The van der Waals surface area contributed by atoms with Crippen LogP contribution in [0, 0.1) is 5.92 Å². The van der Waals surface area contributed by atoms with Crippen LogP contribution in [0.15, 0.2) is 58.7 Å². The molecule has 1 unspecified atom stereocenters. The van der Waals surface area contributed by atoms with E-state index >= 15 is 0 Å². The molecule has 8 nitrogen and oxygen atoms in total. The molecule has 0 amide bonds. The Hall–Kier alpha value is -3.65. The first-order chi connectivity index (χ1) is 17.9. The maximum Gasteiger partial charge on any atom is 0.315 e. The van der Waals surface area contributed by atoms with Crippen LogP contribution in [0.25, 0.3) is 0 Å². The van der Waals surface area contributed by atoms with Crippen LogP contribution < -0.4 is 14.2 Å². The molecule has 1 aliphatic heterocycles. The van der Waals surface area contributed by atoms with Crippen LogP contribution in [0.1, 0.15) is 42.7 Å². The van der Waals surface area contributed by atoms with Gasteiger partial charge >= 0.3 is 5.97 Å². The lowest BCUT2D eigenvalue weighted by atomic mass is 9.69. The van der Waals surface area contributed by atoms with Crippen LogP contribution in [0.3, 0.4) is 0 Å². The average molecular weight is 508 g/mol. The zero-order chi connectivity index (χ0) is 26.5. The fourth-order valence-corrected chi connectivity index (χ4v) is 5.31. The minimum absolute atomic E-state index is 0.0390. The molecule has 2 aromatic carbocycles. The largest absolute Gasteiger partial charge is 0.496 e. The molecule has 0 spiro atoms.